The van der Waals surface area contributed by atoms with Crippen molar-refractivity contribution in [2.24, 2.45) is 0 Å². The Morgan fingerprint density at radius 1 is 1.25 bits per heavy atom. The van der Waals surface area contributed by atoms with E-state index in [-0.39, 0.29) is 0 Å². The number of nitrogens with zero attached hydrogens (tertiary/aromatic N) is 2. The molecular formula is C6H4F4N2. The van der Waals surface area contributed by atoms with E-state index in [0.717, 1.165) is 13.3 Å². The highest BCUT2D eigenvalue weighted by molar-refractivity contribution is 5.19. The van der Waals surface area contributed by atoms with Gasteiger partial charge in [-0.15, -0.1) is 0 Å². The van der Waals surface area contributed by atoms with Crippen LogP contribution in [0, 0.1) is 12.9 Å². The zero-order chi connectivity index (χ0) is 9.35. The van der Waals surface area contributed by atoms with E-state index in [9.17, 15) is 17.6 Å². The number of aryl methyl sites for hydroxylation is 1. The number of aromatic nitrogens is 2. The van der Waals surface area contributed by atoms with Gasteiger partial charge in [0, 0.05) is 0 Å². The van der Waals surface area contributed by atoms with Crippen molar-refractivity contribution in [1.82, 2.24) is 9.97 Å². The minimum atomic E-state index is -4.73. The summed E-state index contributed by atoms with van der Waals surface area (Å²) in [6, 6.07) is 0. The van der Waals surface area contributed by atoms with Gasteiger partial charge < -0.3 is 0 Å². The molecule has 0 bridgehead atoms. The maximum absolute atomic E-state index is 12.5. The molecule has 0 unspecified atom stereocenters. The van der Waals surface area contributed by atoms with Crippen molar-refractivity contribution in [2.75, 3.05) is 0 Å². The van der Waals surface area contributed by atoms with Gasteiger partial charge in [-0.3, -0.25) is 0 Å². The lowest BCUT2D eigenvalue weighted by molar-refractivity contribution is -0.141. The summed E-state index contributed by atoms with van der Waals surface area (Å²) in [5.41, 5.74) is -1.81. The quantitative estimate of drug-likeness (QED) is 0.450. The maximum atomic E-state index is 12.5. The summed E-state index contributed by atoms with van der Waals surface area (Å²) in [7, 11) is 0. The van der Waals surface area contributed by atoms with Crippen LogP contribution in [0.25, 0.3) is 0 Å². The predicted molar refractivity (Wildman–Crippen MR) is 31.7 cm³/mol. The molecule has 1 heterocycles. The van der Waals surface area contributed by atoms with Crippen molar-refractivity contribution in [3.63, 3.8) is 0 Å². The molecule has 0 aliphatic heterocycles. The van der Waals surface area contributed by atoms with E-state index in [1.54, 1.807) is 0 Å². The fourth-order valence-electron chi connectivity index (χ4n) is 0.767. The Kier molecular flexibility index (Phi) is 1.99. The smallest absolute Gasteiger partial charge is 0.241 e. The molecule has 0 spiro atoms. The van der Waals surface area contributed by atoms with E-state index >= 15 is 0 Å². The van der Waals surface area contributed by atoms with Crippen molar-refractivity contribution in [2.45, 2.75) is 13.1 Å². The summed E-state index contributed by atoms with van der Waals surface area (Å²) in [4.78, 5) is 6.04. The molecule has 0 amide bonds. The van der Waals surface area contributed by atoms with E-state index in [1.165, 1.54) is 0 Å². The molecule has 2 nitrogen and oxygen atoms in total. The molecule has 0 saturated carbocycles. The molecule has 0 aromatic carbocycles. The summed E-state index contributed by atoms with van der Waals surface area (Å²) in [6.07, 6.45) is -3.98. The van der Waals surface area contributed by atoms with Gasteiger partial charge in [0.05, 0.1) is 5.69 Å². The second-order valence-corrected chi connectivity index (χ2v) is 2.12. The molecule has 0 saturated heterocycles. The first-order valence-corrected chi connectivity index (χ1v) is 2.97. The van der Waals surface area contributed by atoms with Crippen molar-refractivity contribution in [1.29, 1.82) is 0 Å². The first kappa shape index (κ1) is 8.89. The van der Waals surface area contributed by atoms with Crippen LogP contribution in [0.1, 0.15) is 11.3 Å². The largest absolute Gasteiger partial charge is 0.422 e. The van der Waals surface area contributed by atoms with E-state index in [4.69, 9.17) is 0 Å². The van der Waals surface area contributed by atoms with Crippen LogP contribution >= 0.6 is 0 Å². The fourth-order valence-corrected chi connectivity index (χ4v) is 0.767. The van der Waals surface area contributed by atoms with Gasteiger partial charge in [0.15, 0.2) is 0 Å². The van der Waals surface area contributed by atoms with E-state index < -0.39 is 23.4 Å². The van der Waals surface area contributed by atoms with Crippen molar-refractivity contribution >= 4 is 0 Å². The molecule has 1 aromatic rings. The minimum absolute atomic E-state index is 0.407. The highest BCUT2D eigenvalue weighted by Gasteiger charge is 2.37. The molecule has 0 aliphatic rings. The van der Waals surface area contributed by atoms with Crippen LogP contribution in [0.5, 0.6) is 0 Å². The van der Waals surface area contributed by atoms with Crippen LogP contribution in [-0.2, 0) is 6.18 Å². The number of rotatable bonds is 0. The van der Waals surface area contributed by atoms with Crippen molar-refractivity contribution < 1.29 is 17.6 Å². The molecule has 1 aromatic heterocycles. The Bertz CT molecular complexity index is 274. The minimum Gasteiger partial charge on any atom is -0.241 e. The molecule has 12 heavy (non-hydrogen) atoms. The molecule has 0 radical (unpaired) electrons. The van der Waals surface area contributed by atoms with Gasteiger partial charge in [0.1, 0.15) is 11.9 Å². The van der Waals surface area contributed by atoms with Gasteiger partial charge in [-0.1, -0.05) is 0 Å². The average Bonchev–Trinajstić information content (AvgIpc) is 1.82. The van der Waals surface area contributed by atoms with Gasteiger partial charge in [0.25, 0.3) is 0 Å². The van der Waals surface area contributed by atoms with Gasteiger partial charge in [-0.25, -0.2) is 9.97 Å². The second kappa shape index (κ2) is 2.69. The van der Waals surface area contributed by atoms with E-state index in [0.29, 0.717) is 0 Å². The van der Waals surface area contributed by atoms with Gasteiger partial charge >= 0.3 is 6.18 Å². The highest BCUT2D eigenvalue weighted by Crippen LogP contribution is 2.31. The summed E-state index contributed by atoms with van der Waals surface area (Å²) < 4.78 is 48.4. The molecule has 0 aliphatic carbocycles. The highest BCUT2D eigenvalue weighted by atomic mass is 19.4. The molecule has 0 atom stereocenters. The van der Waals surface area contributed by atoms with Crippen LogP contribution in [0.15, 0.2) is 6.33 Å². The maximum Gasteiger partial charge on any atom is 0.422 e. The van der Waals surface area contributed by atoms with Crippen LogP contribution in [0.4, 0.5) is 17.6 Å². The number of alkyl halides is 3. The Morgan fingerprint density at radius 3 is 2.17 bits per heavy atom. The third kappa shape index (κ3) is 1.51. The molecule has 0 fully saturated rings. The Hall–Kier alpha value is -1.20. The standard InChI is InChI=1S/C6H4F4N2/c1-3-4(6(8,9)10)5(7)12-2-11-3/h2H,1H3. The van der Waals surface area contributed by atoms with Crippen LogP contribution in [-0.4, -0.2) is 9.97 Å². The molecule has 66 valence electrons. The Labute approximate surface area is 65.3 Å². The summed E-state index contributed by atoms with van der Waals surface area (Å²) in [5, 5.41) is 0. The van der Waals surface area contributed by atoms with E-state index in [1.807, 2.05) is 0 Å². The molecule has 1 rings (SSSR count). The first-order valence-electron chi connectivity index (χ1n) is 2.97. The Balaban J connectivity index is 3.31. The van der Waals surface area contributed by atoms with Gasteiger partial charge in [-0.2, -0.15) is 17.6 Å². The number of hydrogen-bond acceptors (Lipinski definition) is 2. The lowest BCUT2D eigenvalue weighted by atomic mass is 10.2. The second-order valence-electron chi connectivity index (χ2n) is 2.12. The summed E-state index contributed by atoms with van der Waals surface area (Å²) in [6.45, 7) is 1.08. The lowest BCUT2D eigenvalue weighted by Crippen LogP contribution is -2.13. The van der Waals surface area contributed by atoms with Crippen LogP contribution in [0.2, 0.25) is 0 Å². The number of hydrogen-bond donors (Lipinski definition) is 0. The van der Waals surface area contributed by atoms with Crippen LogP contribution in [0.3, 0.4) is 0 Å². The molecule has 6 heteroatoms. The molecule has 0 N–H and O–H groups in total. The zero-order valence-corrected chi connectivity index (χ0v) is 5.98. The van der Waals surface area contributed by atoms with Crippen molar-refractivity contribution in [3.8, 4) is 0 Å². The van der Waals surface area contributed by atoms with Gasteiger partial charge in [-0.05, 0) is 6.92 Å². The lowest BCUT2D eigenvalue weighted by Gasteiger charge is -2.08. The topological polar surface area (TPSA) is 25.8 Å². The molecular weight excluding hydrogens is 176 g/mol. The third-order valence-corrected chi connectivity index (χ3v) is 1.27. The monoisotopic (exact) mass is 180 g/mol. The summed E-state index contributed by atoms with van der Waals surface area (Å²) >= 11 is 0. The SMILES string of the molecule is Cc1ncnc(F)c1C(F)(F)F. The van der Waals surface area contributed by atoms with Crippen LogP contribution < -0.4 is 0 Å². The average molecular weight is 180 g/mol. The van der Waals surface area contributed by atoms with Gasteiger partial charge in [0.2, 0.25) is 5.95 Å². The van der Waals surface area contributed by atoms with Crippen molar-refractivity contribution in [3.05, 3.63) is 23.5 Å². The first-order chi connectivity index (χ1) is 5.43. The number of halogens is 4. The Morgan fingerprint density at radius 2 is 1.83 bits per heavy atom. The predicted octanol–water partition coefficient (Wildman–Crippen LogP) is 1.94. The fraction of sp³-hybridized carbons (Fsp3) is 0.333. The normalized spacial score (nSPS) is 11.8. The third-order valence-electron chi connectivity index (χ3n) is 1.27. The van der Waals surface area contributed by atoms with E-state index in [2.05, 4.69) is 9.97 Å². The summed E-state index contributed by atoms with van der Waals surface area (Å²) in [5.74, 6) is -1.53. The zero-order valence-electron chi connectivity index (χ0n) is 5.98.